The van der Waals surface area contributed by atoms with Gasteiger partial charge in [-0.3, -0.25) is 19.3 Å². The van der Waals surface area contributed by atoms with E-state index in [-0.39, 0.29) is 41.2 Å². The van der Waals surface area contributed by atoms with E-state index in [1.165, 1.54) is 4.90 Å². The molecular weight excluding hydrogens is 384 g/mol. The first-order valence-corrected chi connectivity index (χ1v) is 10.0. The summed E-state index contributed by atoms with van der Waals surface area (Å²) in [4.78, 5) is 37.0. The quantitative estimate of drug-likeness (QED) is 0.813. The average molecular weight is 401 g/mol. The Balaban J connectivity index is 1.35. The number of amides is 3. The number of carbonyl (C=O) groups is 3. The van der Waals surface area contributed by atoms with Gasteiger partial charge < -0.3 is 5.32 Å². The van der Waals surface area contributed by atoms with Gasteiger partial charge >= 0.3 is 0 Å². The summed E-state index contributed by atoms with van der Waals surface area (Å²) in [6.07, 6.45) is 0.796. The van der Waals surface area contributed by atoms with Crippen LogP contribution in [0.1, 0.15) is 23.5 Å². The van der Waals surface area contributed by atoms with Crippen LogP contribution >= 0.6 is 23.4 Å². The van der Waals surface area contributed by atoms with E-state index in [1.54, 1.807) is 12.1 Å². The zero-order valence-corrected chi connectivity index (χ0v) is 15.9. The first-order valence-electron chi connectivity index (χ1n) is 8.64. The van der Waals surface area contributed by atoms with E-state index < -0.39 is 0 Å². The highest BCUT2D eigenvalue weighted by Gasteiger charge is 2.44. The molecule has 2 unspecified atom stereocenters. The number of benzene rings is 2. The second kappa shape index (κ2) is 7.37. The summed E-state index contributed by atoms with van der Waals surface area (Å²) in [5.41, 5.74) is 2.56. The number of anilines is 1. The molecule has 0 radical (unpaired) electrons. The van der Waals surface area contributed by atoms with Crippen LogP contribution in [0.3, 0.4) is 0 Å². The number of hydrogen-bond acceptors (Lipinski definition) is 4. The van der Waals surface area contributed by atoms with Gasteiger partial charge in [-0.2, -0.15) is 0 Å². The fourth-order valence-electron chi connectivity index (χ4n) is 3.25. The lowest BCUT2D eigenvalue weighted by Crippen LogP contribution is -2.27. The van der Waals surface area contributed by atoms with Crippen molar-refractivity contribution in [3.8, 4) is 0 Å². The van der Waals surface area contributed by atoms with Crippen LogP contribution in [0, 0.1) is 5.92 Å². The predicted octanol–water partition coefficient (Wildman–Crippen LogP) is 4.28. The van der Waals surface area contributed by atoms with Crippen LogP contribution < -0.4 is 5.32 Å². The lowest BCUT2D eigenvalue weighted by Gasteiger charge is -2.13. The smallest absolute Gasteiger partial charge is 0.289 e. The van der Waals surface area contributed by atoms with E-state index in [2.05, 4.69) is 5.32 Å². The van der Waals surface area contributed by atoms with Crippen molar-refractivity contribution in [2.75, 3.05) is 11.1 Å². The number of imide groups is 1. The van der Waals surface area contributed by atoms with Gasteiger partial charge in [0.05, 0.1) is 12.3 Å². The summed E-state index contributed by atoms with van der Waals surface area (Å²) in [5, 5.41) is 3.42. The van der Waals surface area contributed by atoms with Crippen LogP contribution in [0.5, 0.6) is 0 Å². The molecule has 1 N–H and O–H groups in total. The number of nitrogens with one attached hydrogen (secondary N) is 1. The molecule has 2 aliphatic rings. The molecule has 4 rings (SSSR count). The van der Waals surface area contributed by atoms with Crippen molar-refractivity contribution in [1.29, 1.82) is 0 Å². The number of nitrogens with zero attached hydrogens (tertiary/aromatic N) is 1. The third-order valence-corrected chi connectivity index (χ3v) is 6.04. The Bertz CT molecular complexity index is 900. The summed E-state index contributed by atoms with van der Waals surface area (Å²) in [7, 11) is 0. The molecule has 1 saturated heterocycles. The Labute approximate surface area is 166 Å². The largest absolute Gasteiger partial charge is 0.326 e. The van der Waals surface area contributed by atoms with Crippen LogP contribution in [-0.4, -0.2) is 27.7 Å². The molecular formula is C20H17ClN2O3S. The van der Waals surface area contributed by atoms with E-state index in [0.29, 0.717) is 10.7 Å². The second-order valence-corrected chi connectivity index (χ2v) is 8.02. The highest BCUT2D eigenvalue weighted by atomic mass is 35.5. The van der Waals surface area contributed by atoms with Gasteiger partial charge in [-0.25, -0.2) is 0 Å². The van der Waals surface area contributed by atoms with Crippen LogP contribution in [0.25, 0.3) is 0 Å². The maximum absolute atomic E-state index is 12.5. The van der Waals surface area contributed by atoms with E-state index >= 15 is 0 Å². The Morgan fingerprint density at radius 1 is 1.15 bits per heavy atom. The molecule has 1 heterocycles. The monoisotopic (exact) mass is 400 g/mol. The molecule has 5 nitrogen and oxygen atoms in total. The predicted molar refractivity (Wildman–Crippen MR) is 106 cm³/mol. The molecule has 0 bridgehead atoms. The maximum Gasteiger partial charge on any atom is 0.289 e. The van der Waals surface area contributed by atoms with Crippen molar-refractivity contribution in [2.45, 2.75) is 18.9 Å². The van der Waals surface area contributed by atoms with E-state index in [4.69, 9.17) is 11.6 Å². The number of hydrogen-bond donors (Lipinski definition) is 1. The minimum Gasteiger partial charge on any atom is -0.326 e. The summed E-state index contributed by atoms with van der Waals surface area (Å²) in [6, 6.07) is 14.8. The van der Waals surface area contributed by atoms with Crippen LogP contribution in [-0.2, 0) is 16.1 Å². The normalized spacial score (nSPS) is 21.4. The number of halogens is 1. The lowest BCUT2D eigenvalue weighted by molar-refractivity contribution is -0.125. The van der Waals surface area contributed by atoms with Crippen LogP contribution in [0.15, 0.2) is 48.5 Å². The maximum atomic E-state index is 12.5. The molecule has 1 aliphatic carbocycles. The molecule has 0 spiro atoms. The van der Waals surface area contributed by atoms with Gasteiger partial charge in [0, 0.05) is 16.6 Å². The molecule has 0 aromatic heterocycles. The fourth-order valence-corrected chi connectivity index (χ4v) is 4.25. The number of carbonyl (C=O) groups excluding carboxylic acids is 3. The SMILES string of the molecule is O=C(Nc1ccc(CN2C(=O)CSC2=O)cc1)C1CC1c1ccccc1Cl. The minimum atomic E-state index is -0.211. The van der Waals surface area contributed by atoms with Crippen molar-refractivity contribution >= 4 is 46.1 Å². The van der Waals surface area contributed by atoms with E-state index in [9.17, 15) is 14.4 Å². The zero-order chi connectivity index (χ0) is 19.0. The topological polar surface area (TPSA) is 66.5 Å². The molecule has 2 fully saturated rings. The van der Waals surface area contributed by atoms with Gasteiger partial charge in [-0.1, -0.05) is 53.7 Å². The average Bonchev–Trinajstić information content (AvgIpc) is 3.40. The fraction of sp³-hybridized carbons (Fsp3) is 0.250. The van der Waals surface area contributed by atoms with Crippen LogP contribution in [0.2, 0.25) is 5.02 Å². The molecule has 2 aromatic carbocycles. The Hall–Kier alpha value is -2.31. The molecule has 3 amide bonds. The van der Waals surface area contributed by atoms with Crippen molar-refractivity contribution in [3.05, 3.63) is 64.7 Å². The molecule has 7 heteroatoms. The van der Waals surface area contributed by atoms with Gasteiger partial charge in [0.25, 0.3) is 5.24 Å². The highest BCUT2D eigenvalue weighted by molar-refractivity contribution is 8.14. The van der Waals surface area contributed by atoms with Crippen molar-refractivity contribution in [1.82, 2.24) is 4.90 Å². The number of thioether (sulfide) groups is 1. The van der Waals surface area contributed by atoms with E-state index in [0.717, 1.165) is 29.3 Å². The third kappa shape index (κ3) is 3.87. The Morgan fingerprint density at radius 3 is 2.56 bits per heavy atom. The van der Waals surface area contributed by atoms with Gasteiger partial charge in [0.2, 0.25) is 11.8 Å². The second-order valence-electron chi connectivity index (χ2n) is 6.69. The van der Waals surface area contributed by atoms with Gasteiger partial charge in [-0.15, -0.1) is 0 Å². The first-order chi connectivity index (χ1) is 13.0. The lowest BCUT2D eigenvalue weighted by atomic mass is 10.1. The molecule has 2 atom stereocenters. The van der Waals surface area contributed by atoms with Gasteiger partial charge in [0.15, 0.2) is 0 Å². The van der Waals surface area contributed by atoms with Crippen LogP contribution in [0.4, 0.5) is 10.5 Å². The first kappa shape index (κ1) is 18.1. The van der Waals surface area contributed by atoms with Gasteiger partial charge in [0.1, 0.15) is 0 Å². The van der Waals surface area contributed by atoms with Crippen molar-refractivity contribution in [3.63, 3.8) is 0 Å². The summed E-state index contributed by atoms with van der Waals surface area (Å²) in [5.74, 6) is 0.126. The zero-order valence-electron chi connectivity index (χ0n) is 14.4. The third-order valence-electron chi connectivity index (χ3n) is 4.83. The van der Waals surface area contributed by atoms with Crippen molar-refractivity contribution in [2.24, 2.45) is 5.92 Å². The standard InChI is InChI=1S/C20H17ClN2O3S/c21-17-4-2-1-3-14(17)15-9-16(15)19(25)22-13-7-5-12(6-8-13)10-23-18(24)11-27-20(23)26/h1-8,15-16H,9-11H2,(H,22,25). The van der Waals surface area contributed by atoms with Gasteiger partial charge in [-0.05, 0) is 41.7 Å². The molecule has 1 aliphatic heterocycles. The summed E-state index contributed by atoms with van der Waals surface area (Å²) in [6.45, 7) is 0.260. The Morgan fingerprint density at radius 2 is 1.89 bits per heavy atom. The highest BCUT2D eigenvalue weighted by Crippen LogP contribution is 2.50. The molecule has 27 heavy (non-hydrogen) atoms. The molecule has 1 saturated carbocycles. The van der Waals surface area contributed by atoms with Crippen molar-refractivity contribution < 1.29 is 14.4 Å². The number of rotatable bonds is 5. The summed E-state index contributed by atoms with van der Waals surface area (Å²) >= 11 is 7.24. The minimum absolute atomic E-state index is 0.0195. The molecule has 2 aromatic rings. The summed E-state index contributed by atoms with van der Waals surface area (Å²) < 4.78 is 0. The van der Waals surface area contributed by atoms with E-state index in [1.807, 2.05) is 36.4 Å². The molecule has 138 valence electrons. The Kier molecular flexibility index (Phi) is 4.93.